The molecule has 6 nitrogen and oxygen atoms in total. The van der Waals surface area contributed by atoms with Crippen molar-refractivity contribution in [1.29, 1.82) is 0 Å². The van der Waals surface area contributed by atoms with Gasteiger partial charge >= 0.3 is 0 Å². The van der Waals surface area contributed by atoms with Gasteiger partial charge in [-0.05, 0) is 38.1 Å². The van der Waals surface area contributed by atoms with Crippen molar-refractivity contribution in [1.82, 2.24) is 15.2 Å². The van der Waals surface area contributed by atoms with E-state index in [4.69, 9.17) is 11.6 Å². The van der Waals surface area contributed by atoms with Crippen LogP contribution >= 0.6 is 11.6 Å². The summed E-state index contributed by atoms with van der Waals surface area (Å²) in [6, 6.07) is 6.96. The minimum absolute atomic E-state index is 0.250. The molecule has 1 aromatic carbocycles. The number of carbonyl (C=O) groups is 1. The summed E-state index contributed by atoms with van der Waals surface area (Å²) in [4.78, 5) is 24.3. The molecule has 22 heavy (non-hydrogen) atoms. The van der Waals surface area contributed by atoms with Gasteiger partial charge in [0.25, 0.3) is 11.5 Å². The summed E-state index contributed by atoms with van der Waals surface area (Å²) >= 11 is 5.96. The Bertz CT molecular complexity index is 889. The Labute approximate surface area is 131 Å². The number of halogens is 1. The van der Waals surface area contributed by atoms with Crippen LogP contribution in [0.1, 0.15) is 18.2 Å². The maximum atomic E-state index is 12.6. The summed E-state index contributed by atoms with van der Waals surface area (Å²) in [5, 5.41) is 7.37. The molecular formula is C15H13ClN4O2. The largest absolute Gasteiger partial charge is 0.295 e. The number of aryl methyl sites for hydroxylation is 1. The molecule has 0 spiro atoms. The highest BCUT2D eigenvalue weighted by atomic mass is 35.5. The van der Waals surface area contributed by atoms with E-state index in [9.17, 15) is 9.59 Å². The quantitative estimate of drug-likeness (QED) is 0.831. The van der Waals surface area contributed by atoms with Crippen LogP contribution in [0, 0.1) is 6.92 Å². The van der Waals surface area contributed by atoms with E-state index >= 15 is 0 Å². The molecule has 112 valence electrons. The maximum Gasteiger partial charge on any atom is 0.278 e. The van der Waals surface area contributed by atoms with Crippen LogP contribution in [0.3, 0.4) is 0 Å². The lowest BCUT2D eigenvalue weighted by Gasteiger charge is -2.01. The van der Waals surface area contributed by atoms with Crippen LogP contribution in [-0.2, 0) is 4.79 Å². The monoisotopic (exact) mass is 316 g/mol. The number of carbonyl (C=O) groups excluding carboxylic acids is 1. The van der Waals surface area contributed by atoms with Gasteiger partial charge in [0.1, 0.15) is 0 Å². The Morgan fingerprint density at radius 3 is 2.68 bits per heavy atom. The Hall–Kier alpha value is -2.60. The maximum absolute atomic E-state index is 12.6. The van der Waals surface area contributed by atoms with E-state index in [0.717, 1.165) is 0 Å². The third kappa shape index (κ3) is 2.37. The Morgan fingerprint density at radius 2 is 2.05 bits per heavy atom. The number of hydrogen-bond donors (Lipinski definition) is 2. The van der Waals surface area contributed by atoms with Gasteiger partial charge in [-0.1, -0.05) is 17.7 Å². The highest BCUT2D eigenvalue weighted by Crippen LogP contribution is 2.16. The van der Waals surface area contributed by atoms with Crippen molar-refractivity contribution in [3.63, 3.8) is 0 Å². The lowest BCUT2D eigenvalue weighted by molar-refractivity contribution is -0.116. The number of H-pyrrole nitrogens is 1. The molecule has 0 bridgehead atoms. The van der Waals surface area contributed by atoms with Crippen LogP contribution < -0.4 is 11.0 Å². The molecule has 1 aliphatic heterocycles. The average Bonchev–Trinajstić information content (AvgIpc) is 2.94. The van der Waals surface area contributed by atoms with Gasteiger partial charge in [-0.2, -0.15) is 5.10 Å². The third-order valence-corrected chi connectivity index (χ3v) is 3.67. The number of benzene rings is 1. The molecule has 2 N–H and O–H groups in total. The van der Waals surface area contributed by atoms with Gasteiger partial charge in [-0.15, -0.1) is 0 Å². The SMILES string of the molecule is CC1=NNC(=O)C1=Cc1c(C)[nH]n(-c2cccc(Cl)c2)c1=O. The Balaban J connectivity index is 2.13. The zero-order chi connectivity index (χ0) is 15.9. The number of hydrogen-bond acceptors (Lipinski definition) is 3. The summed E-state index contributed by atoms with van der Waals surface area (Å²) in [5.41, 5.74) is 4.77. The topological polar surface area (TPSA) is 79.2 Å². The first-order valence-corrected chi connectivity index (χ1v) is 6.99. The molecule has 0 atom stereocenters. The van der Waals surface area contributed by atoms with Crippen LogP contribution in [0.4, 0.5) is 0 Å². The standard InChI is InChI=1S/C15H13ClN4O2/c1-8-12(14(21)18-17-8)7-13-9(2)19-20(15(13)22)11-5-3-4-10(16)6-11/h3-7,19H,1-2H3,(H,18,21). The lowest BCUT2D eigenvalue weighted by atomic mass is 10.1. The van der Waals surface area contributed by atoms with Crippen LogP contribution in [0.15, 0.2) is 39.7 Å². The van der Waals surface area contributed by atoms with E-state index in [2.05, 4.69) is 15.6 Å². The van der Waals surface area contributed by atoms with Gasteiger partial charge in [-0.3, -0.25) is 14.7 Å². The van der Waals surface area contributed by atoms with E-state index in [0.29, 0.717) is 33.3 Å². The average molecular weight is 317 g/mol. The van der Waals surface area contributed by atoms with Crippen molar-refractivity contribution in [3.05, 3.63) is 56.5 Å². The third-order valence-electron chi connectivity index (χ3n) is 3.43. The molecule has 1 aromatic heterocycles. The predicted octanol–water partition coefficient (Wildman–Crippen LogP) is 2.02. The van der Waals surface area contributed by atoms with Crippen LogP contribution in [0.2, 0.25) is 5.02 Å². The van der Waals surface area contributed by atoms with E-state index in [1.807, 2.05) is 0 Å². The smallest absolute Gasteiger partial charge is 0.278 e. The van der Waals surface area contributed by atoms with E-state index in [-0.39, 0.29) is 11.5 Å². The molecule has 0 aliphatic carbocycles. The summed E-state index contributed by atoms with van der Waals surface area (Å²) in [6.45, 7) is 3.48. The normalized spacial score (nSPS) is 16.0. The minimum Gasteiger partial charge on any atom is -0.295 e. The molecule has 7 heteroatoms. The molecule has 0 radical (unpaired) electrons. The number of aromatic amines is 1. The molecule has 2 heterocycles. The van der Waals surface area contributed by atoms with Gasteiger partial charge in [-0.25, -0.2) is 10.1 Å². The summed E-state index contributed by atoms with van der Waals surface area (Å²) in [5.74, 6) is -0.313. The van der Waals surface area contributed by atoms with Crippen molar-refractivity contribution in [2.45, 2.75) is 13.8 Å². The minimum atomic E-state index is -0.313. The second-order valence-corrected chi connectivity index (χ2v) is 5.40. The number of amides is 1. The number of hydrazone groups is 1. The fourth-order valence-corrected chi connectivity index (χ4v) is 2.44. The summed E-state index contributed by atoms with van der Waals surface area (Å²) in [6.07, 6.45) is 1.55. The molecule has 0 unspecified atom stereocenters. The van der Waals surface area contributed by atoms with Gasteiger partial charge in [0.05, 0.1) is 22.5 Å². The van der Waals surface area contributed by atoms with E-state index in [1.54, 1.807) is 44.2 Å². The lowest BCUT2D eigenvalue weighted by Crippen LogP contribution is -2.17. The second-order valence-electron chi connectivity index (χ2n) is 4.97. The van der Waals surface area contributed by atoms with Crippen LogP contribution in [0.5, 0.6) is 0 Å². The summed E-state index contributed by atoms with van der Waals surface area (Å²) in [7, 11) is 0. The fourth-order valence-electron chi connectivity index (χ4n) is 2.26. The first-order chi connectivity index (χ1) is 10.5. The highest BCUT2D eigenvalue weighted by molar-refractivity contribution is 6.30. The fraction of sp³-hybridized carbons (Fsp3) is 0.133. The van der Waals surface area contributed by atoms with Crippen molar-refractivity contribution in [2.24, 2.45) is 5.10 Å². The molecule has 1 amide bonds. The van der Waals surface area contributed by atoms with Crippen molar-refractivity contribution >= 4 is 29.3 Å². The first kappa shape index (κ1) is 14.3. The van der Waals surface area contributed by atoms with Crippen molar-refractivity contribution in [3.8, 4) is 5.69 Å². The zero-order valence-corrected chi connectivity index (χ0v) is 12.7. The molecule has 0 saturated heterocycles. The summed E-state index contributed by atoms with van der Waals surface area (Å²) < 4.78 is 1.40. The van der Waals surface area contributed by atoms with E-state index in [1.165, 1.54) is 4.68 Å². The van der Waals surface area contributed by atoms with Gasteiger partial charge < -0.3 is 0 Å². The van der Waals surface area contributed by atoms with Gasteiger partial charge in [0.15, 0.2) is 0 Å². The number of aromatic nitrogens is 2. The molecule has 3 rings (SSSR count). The van der Waals surface area contributed by atoms with Crippen LogP contribution in [0.25, 0.3) is 11.8 Å². The molecule has 1 aliphatic rings. The predicted molar refractivity (Wildman–Crippen MR) is 85.4 cm³/mol. The first-order valence-electron chi connectivity index (χ1n) is 6.61. The molecule has 0 saturated carbocycles. The van der Waals surface area contributed by atoms with E-state index < -0.39 is 0 Å². The Morgan fingerprint density at radius 1 is 1.27 bits per heavy atom. The molecule has 0 fully saturated rings. The van der Waals surface area contributed by atoms with Gasteiger partial charge in [0, 0.05) is 10.7 Å². The highest BCUT2D eigenvalue weighted by Gasteiger charge is 2.21. The zero-order valence-electron chi connectivity index (χ0n) is 12.0. The van der Waals surface area contributed by atoms with Crippen molar-refractivity contribution in [2.75, 3.05) is 0 Å². The molecule has 2 aromatic rings. The second kappa shape index (κ2) is 5.31. The van der Waals surface area contributed by atoms with Gasteiger partial charge in [0.2, 0.25) is 0 Å². The van der Waals surface area contributed by atoms with Crippen LogP contribution in [-0.4, -0.2) is 21.4 Å². The molecular weight excluding hydrogens is 304 g/mol. The number of nitrogens with one attached hydrogen (secondary N) is 2. The number of nitrogens with zero attached hydrogens (tertiary/aromatic N) is 2. The Kier molecular flexibility index (Phi) is 3.46. The van der Waals surface area contributed by atoms with Crippen molar-refractivity contribution < 1.29 is 4.79 Å². The number of rotatable bonds is 2.